The molecule has 1 aromatic heterocycles. The van der Waals surface area contributed by atoms with Gasteiger partial charge in [0, 0.05) is 16.0 Å². The SMILES string of the molecule is COc1ccc(Cl)cc1/C(O)=C1/C(=O)C(=O)N(c2ccc(F)cc2F)C1c1cccs1. The van der Waals surface area contributed by atoms with Gasteiger partial charge in [0.1, 0.15) is 29.2 Å². The molecule has 0 saturated carbocycles. The van der Waals surface area contributed by atoms with Crippen LogP contribution in [0.2, 0.25) is 5.02 Å². The number of halogens is 3. The predicted octanol–water partition coefficient (Wildman–Crippen LogP) is 5.31. The van der Waals surface area contributed by atoms with E-state index >= 15 is 0 Å². The van der Waals surface area contributed by atoms with Crippen molar-refractivity contribution >= 4 is 46.1 Å². The number of ketones is 1. The number of anilines is 1. The quantitative estimate of drug-likeness (QED) is 0.324. The molecule has 2 heterocycles. The molecule has 5 nitrogen and oxygen atoms in total. The van der Waals surface area contributed by atoms with E-state index in [1.54, 1.807) is 23.6 Å². The molecule has 1 saturated heterocycles. The zero-order valence-corrected chi connectivity index (χ0v) is 17.5. The number of nitrogens with zero attached hydrogens (tertiary/aromatic N) is 1. The van der Waals surface area contributed by atoms with Crippen molar-refractivity contribution in [2.24, 2.45) is 0 Å². The van der Waals surface area contributed by atoms with Crippen LogP contribution in [0, 0.1) is 11.6 Å². The van der Waals surface area contributed by atoms with Crippen molar-refractivity contribution in [1.82, 2.24) is 0 Å². The first-order valence-corrected chi connectivity index (χ1v) is 10.2. The van der Waals surface area contributed by atoms with Gasteiger partial charge in [0.2, 0.25) is 0 Å². The number of rotatable bonds is 4. The average molecular weight is 462 g/mol. The van der Waals surface area contributed by atoms with E-state index in [1.807, 2.05) is 0 Å². The fraction of sp³-hybridized carbons (Fsp3) is 0.0909. The number of benzene rings is 2. The fourth-order valence-corrected chi connectivity index (χ4v) is 4.48. The zero-order chi connectivity index (χ0) is 22.3. The molecule has 0 radical (unpaired) electrons. The third-order valence-corrected chi connectivity index (χ3v) is 6.00. The van der Waals surface area contributed by atoms with Gasteiger partial charge in [0.05, 0.1) is 23.9 Å². The van der Waals surface area contributed by atoms with Gasteiger partial charge in [-0.05, 0) is 41.8 Å². The molecule has 1 atom stereocenters. The first kappa shape index (κ1) is 21.0. The molecular weight excluding hydrogens is 448 g/mol. The van der Waals surface area contributed by atoms with Crippen LogP contribution in [0.15, 0.2) is 59.5 Å². The van der Waals surface area contributed by atoms with Gasteiger partial charge in [-0.25, -0.2) is 8.78 Å². The fourth-order valence-electron chi connectivity index (χ4n) is 3.48. The number of aliphatic hydroxyl groups is 1. The maximum absolute atomic E-state index is 14.6. The van der Waals surface area contributed by atoms with Gasteiger partial charge in [-0.1, -0.05) is 17.7 Å². The third-order valence-electron chi connectivity index (χ3n) is 4.84. The summed E-state index contributed by atoms with van der Waals surface area (Å²) in [4.78, 5) is 27.4. The van der Waals surface area contributed by atoms with Crippen LogP contribution in [-0.2, 0) is 9.59 Å². The second kappa shape index (κ2) is 8.13. The molecular formula is C22H14ClF2NO4S. The Morgan fingerprint density at radius 3 is 2.58 bits per heavy atom. The number of thiophene rings is 1. The Kier molecular flexibility index (Phi) is 5.51. The summed E-state index contributed by atoms with van der Waals surface area (Å²) in [5.74, 6) is -4.18. The number of aliphatic hydroxyl groups excluding tert-OH is 1. The highest BCUT2D eigenvalue weighted by molar-refractivity contribution is 7.10. The molecule has 1 aliphatic heterocycles. The molecule has 0 aliphatic carbocycles. The molecule has 0 bridgehead atoms. The van der Waals surface area contributed by atoms with Crippen molar-refractivity contribution in [2.75, 3.05) is 12.0 Å². The number of carbonyl (C=O) groups is 2. The van der Waals surface area contributed by atoms with E-state index < -0.39 is 35.1 Å². The maximum atomic E-state index is 14.6. The number of ether oxygens (including phenoxy) is 1. The second-order valence-electron chi connectivity index (χ2n) is 6.62. The summed E-state index contributed by atoms with van der Waals surface area (Å²) in [5.41, 5.74) is -0.426. The summed E-state index contributed by atoms with van der Waals surface area (Å²) in [5, 5.41) is 13.1. The monoisotopic (exact) mass is 461 g/mol. The molecule has 31 heavy (non-hydrogen) atoms. The molecule has 9 heteroatoms. The third kappa shape index (κ3) is 3.58. The topological polar surface area (TPSA) is 66.8 Å². The largest absolute Gasteiger partial charge is 0.507 e. The Labute approximate surface area is 184 Å². The van der Waals surface area contributed by atoms with Gasteiger partial charge in [-0.2, -0.15) is 0 Å². The first-order chi connectivity index (χ1) is 14.8. The molecule has 4 rings (SSSR count). The van der Waals surface area contributed by atoms with Crippen molar-refractivity contribution in [3.05, 3.63) is 86.6 Å². The van der Waals surface area contributed by atoms with Crippen LogP contribution in [-0.4, -0.2) is 23.9 Å². The smallest absolute Gasteiger partial charge is 0.300 e. The van der Waals surface area contributed by atoms with Crippen LogP contribution in [0.4, 0.5) is 14.5 Å². The number of hydrogen-bond acceptors (Lipinski definition) is 5. The molecule has 2 aromatic carbocycles. The lowest BCUT2D eigenvalue weighted by Crippen LogP contribution is -2.30. The Bertz CT molecular complexity index is 1230. The summed E-state index contributed by atoms with van der Waals surface area (Å²) in [7, 11) is 1.38. The lowest BCUT2D eigenvalue weighted by Gasteiger charge is -2.24. The number of Topliss-reactive ketones (excluding diaryl/α,β-unsaturated/α-hetero) is 1. The molecule has 3 aromatic rings. The van der Waals surface area contributed by atoms with Gasteiger partial charge >= 0.3 is 0 Å². The Balaban J connectivity index is 1.98. The minimum atomic E-state index is -1.12. The van der Waals surface area contributed by atoms with Crippen LogP contribution in [0.1, 0.15) is 16.5 Å². The van der Waals surface area contributed by atoms with Crippen molar-refractivity contribution in [2.45, 2.75) is 6.04 Å². The standard InChI is InChI=1S/C22H14ClF2NO4S/c1-30-16-7-4-11(23)9-13(16)20(27)18-19(17-3-2-8-31-17)26(22(29)21(18)28)15-6-5-12(24)10-14(15)25/h2-10,19,27H,1H3/b20-18-. The van der Waals surface area contributed by atoms with E-state index in [9.17, 15) is 23.5 Å². The van der Waals surface area contributed by atoms with Crippen LogP contribution < -0.4 is 9.64 Å². The highest BCUT2D eigenvalue weighted by Gasteiger charge is 2.48. The summed E-state index contributed by atoms with van der Waals surface area (Å²) in [6, 6.07) is 9.36. The van der Waals surface area contributed by atoms with E-state index in [2.05, 4.69) is 0 Å². The lowest BCUT2D eigenvalue weighted by atomic mass is 9.99. The summed E-state index contributed by atoms with van der Waals surface area (Å²) in [6.07, 6.45) is 0. The minimum absolute atomic E-state index is 0.106. The van der Waals surface area contributed by atoms with Gasteiger partial charge in [0.25, 0.3) is 11.7 Å². The van der Waals surface area contributed by atoms with E-state index in [-0.39, 0.29) is 27.6 Å². The summed E-state index contributed by atoms with van der Waals surface area (Å²) < 4.78 is 33.3. The van der Waals surface area contributed by atoms with Crippen LogP contribution >= 0.6 is 22.9 Å². The lowest BCUT2D eigenvalue weighted by molar-refractivity contribution is -0.132. The number of amides is 1. The zero-order valence-electron chi connectivity index (χ0n) is 15.9. The van der Waals surface area contributed by atoms with E-state index in [0.717, 1.165) is 17.0 Å². The van der Waals surface area contributed by atoms with Crippen molar-refractivity contribution in [1.29, 1.82) is 0 Å². The maximum Gasteiger partial charge on any atom is 0.300 e. The van der Waals surface area contributed by atoms with Gasteiger partial charge in [0.15, 0.2) is 0 Å². The van der Waals surface area contributed by atoms with Crippen molar-refractivity contribution < 1.29 is 28.2 Å². The van der Waals surface area contributed by atoms with Crippen molar-refractivity contribution in [3.63, 3.8) is 0 Å². The Hall–Kier alpha value is -3.23. The molecule has 1 N–H and O–H groups in total. The van der Waals surface area contributed by atoms with E-state index in [1.165, 1.54) is 30.6 Å². The van der Waals surface area contributed by atoms with Crippen molar-refractivity contribution in [3.8, 4) is 5.75 Å². The Morgan fingerprint density at radius 1 is 1.16 bits per heavy atom. The molecule has 1 unspecified atom stereocenters. The highest BCUT2D eigenvalue weighted by atomic mass is 35.5. The van der Waals surface area contributed by atoms with E-state index in [4.69, 9.17) is 16.3 Å². The molecule has 1 amide bonds. The highest BCUT2D eigenvalue weighted by Crippen LogP contribution is 2.45. The minimum Gasteiger partial charge on any atom is -0.507 e. The van der Waals surface area contributed by atoms with Gasteiger partial charge in [-0.15, -0.1) is 11.3 Å². The number of methoxy groups -OCH3 is 1. The normalized spacial score (nSPS) is 17.9. The van der Waals surface area contributed by atoms with Gasteiger partial charge in [-0.3, -0.25) is 14.5 Å². The average Bonchev–Trinajstić information content (AvgIpc) is 3.35. The number of carbonyl (C=O) groups excluding carboxylic acids is 2. The second-order valence-corrected chi connectivity index (χ2v) is 8.04. The summed E-state index contributed by atoms with van der Waals surface area (Å²) in [6.45, 7) is 0. The first-order valence-electron chi connectivity index (χ1n) is 8.97. The van der Waals surface area contributed by atoms with Crippen LogP contribution in [0.5, 0.6) is 5.75 Å². The van der Waals surface area contributed by atoms with Crippen LogP contribution in [0.25, 0.3) is 5.76 Å². The number of hydrogen-bond donors (Lipinski definition) is 1. The van der Waals surface area contributed by atoms with E-state index in [0.29, 0.717) is 10.9 Å². The Morgan fingerprint density at radius 2 is 1.94 bits per heavy atom. The predicted molar refractivity (Wildman–Crippen MR) is 113 cm³/mol. The molecule has 158 valence electrons. The van der Waals surface area contributed by atoms with Crippen LogP contribution in [0.3, 0.4) is 0 Å². The molecule has 0 spiro atoms. The summed E-state index contributed by atoms with van der Waals surface area (Å²) >= 11 is 7.27. The molecule has 1 fully saturated rings. The molecule has 1 aliphatic rings. The van der Waals surface area contributed by atoms with Gasteiger partial charge < -0.3 is 9.84 Å².